The van der Waals surface area contributed by atoms with Gasteiger partial charge >= 0.3 is 0 Å². The summed E-state index contributed by atoms with van der Waals surface area (Å²) in [5.74, 6) is 3.06. The van der Waals surface area contributed by atoms with E-state index in [1.165, 1.54) is 0 Å². The molecule has 1 saturated heterocycles. The predicted molar refractivity (Wildman–Crippen MR) is 169 cm³/mol. The first-order valence-electron chi connectivity index (χ1n) is 13.1. The maximum atomic E-state index is 13.6. The van der Waals surface area contributed by atoms with Crippen LogP contribution in [0, 0.1) is 3.70 Å². The lowest BCUT2D eigenvalue weighted by Gasteiger charge is -2.37. The fraction of sp³-hybridized carbons (Fsp3) is 0.321. The molecule has 0 bridgehead atoms. The summed E-state index contributed by atoms with van der Waals surface area (Å²) in [7, 11) is 1.67. The monoisotopic (exact) mass is 816 g/mol. The lowest BCUT2D eigenvalue weighted by molar-refractivity contribution is -0.123. The second-order valence-corrected chi connectivity index (χ2v) is 13.0. The molecule has 220 valence electrons. The van der Waals surface area contributed by atoms with Crippen molar-refractivity contribution in [3.63, 3.8) is 0 Å². The number of hydrogen-bond acceptors (Lipinski definition) is 6. The van der Waals surface area contributed by atoms with Crippen LogP contribution in [-0.2, 0) is 17.9 Å². The Labute approximate surface area is 271 Å². The molecule has 0 aliphatic carbocycles. The maximum Gasteiger partial charge on any atom is 0.260 e. The average molecular weight is 818 g/mol. The van der Waals surface area contributed by atoms with E-state index in [0.29, 0.717) is 31.3 Å². The van der Waals surface area contributed by atoms with Crippen molar-refractivity contribution >= 4 is 66.2 Å². The van der Waals surface area contributed by atoms with E-state index in [4.69, 9.17) is 9.47 Å². The number of aromatic nitrogens is 4. The molecule has 4 aromatic rings. The Morgan fingerprint density at radius 3 is 2.10 bits per heavy atom. The Morgan fingerprint density at radius 1 is 0.929 bits per heavy atom. The fourth-order valence-corrected chi connectivity index (χ4v) is 6.47. The molecule has 42 heavy (non-hydrogen) atoms. The molecule has 2 aromatic heterocycles. The second kappa shape index (κ2) is 12.2. The van der Waals surface area contributed by atoms with Crippen LogP contribution in [0.3, 0.4) is 0 Å². The third kappa shape index (κ3) is 5.95. The van der Waals surface area contributed by atoms with Gasteiger partial charge in [0.15, 0.2) is 5.82 Å². The molecule has 0 N–H and O–H groups in total. The van der Waals surface area contributed by atoms with Gasteiger partial charge < -0.3 is 18.6 Å². The van der Waals surface area contributed by atoms with E-state index in [0.717, 1.165) is 46.8 Å². The van der Waals surface area contributed by atoms with Gasteiger partial charge in [0, 0.05) is 27.9 Å². The van der Waals surface area contributed by atoms with E-state index in [9.17, 15) is 13.6 Å². The van der Waals surface area contributed by atoms with Crippen LogP contribution in [0.15, 0.2) is 57.7 Å². The number of likely N-dealkylation sites (N-methyl/N-ethyl adjacent to an activating group) is 1. The molecule has 1 amide bonds. The zero-order valence-electron chi connectivity index (χ0n) is 22.3. The molecule has 5 heterocycles. The predicted octanol–water partition coefficient (Wildman–Crippen LogP) is 5.93. The number of rotatable bonds is 2. The first-order valence-corrected chi connectivity index (χ1v) is 15.8. The summed E-state index contributed by atoms with van der Waals surface area (Å²) in [4.78, 5) is 24.3. The van der Waals surface area contributed by atoms with E-state index >= 15 is 0 Å². The molecule has 7 rings (SSSR count). The van der Waals surface area contributed by atoms with E-state index in [1.807, 2.05) is 41.0 Å². The molecule has 9 nitrogen and oxygen atoms in total. The highest BCUT2D eigenvalue weighted by atomic mass is 127. The van der Waals surface area contributed by atoms with Gasteiger partial charge in [-0.1, -0.05) is 31.9 Å². The van der Waals surface area contributed by atoms with Crippen molar-refractivity contribution in [3.8, 4) is 34.3 Å². The Balaban J connectivity index is 0.000000168. The molecular formula is C28H25Br2F2IN6O3. The van der Waals surface area contributed by atoms with Crippen molar-refractivity contribution in [1.29, 1.82) is 0 Å². The van der Waals surface area contributed by atoms with Crippen molar-refractivity contribution in [2.24, 2.45) is 0 Å². The van der Waals surface area contributed by atoms with Gasteiger partial charge in [0.25, 0.3) is 6.43 Å². The molecule has 0 saturated carbocycles. The van der Waals surface area contributed by atoms with Crippen LogP contribution in [0.2, 0.25) is 0 Å². The SMILES string of the molecule is Brc1ccc2c(c1)OCCn1cc(I)nc1-2.CN1CC(=O)N(c2cn3c(n2)-c2ccc(Br)cc2OCC3)[C@H](C(F)F)C1. The van der Waals surface area contributed by atoms with Crippen LogP contribution in [0.25, 0.3) is 22.8 Å². The highest BCUT2D eigenvalue weighted by Crippen LogP contribution is 2.37. The second-order valence-electron chi connectivity index (χ2n) is 10.0. The van der Waals surface area contributed by atoms with Gasteiger partial charge in [-0.3, -0.25) is 14.6 Å². The number of carbonyl (C=O) groups excluding carboxylic acids is 1. The van der Waals surface area contributed by atoms with Crippen LogP contribution < -0.4 is 14.4 Å². The minimum absolute atomic E-state index is 0.0953. The number of imidazole rings is 2. The van der Waals surface area contributed by atoms with Crippen molar-refractivity contribution in [2.75, 3.05) is 38.3 Å². The number of piperazine rings is 1. The van der Waals surface area contributed by atoms with E-state index in [-0.39, 0.29) is 24.8 Å². The largest absolute Gasteiger partial charge is 0.491 e. The molecule has 2 aromatic carbocycles. The molecule has 14 heteroatoms. The molecule has 3 aliphatic heterocycles. The average Bonchev–Trinajstić information content (AvgIpc) is 3.42. The van der Waals surface area contributed by atoms with Crippen LogP contribution >= 0.6 is 54.5 Å². The molecule has 0 spiro atoms. The van der Waals surface area contributed by atoms with Crippen LogP contribution in [0.5, 0.6) is 11.5 Å². The Hall–Kier alpha value is -2.56. The summed E-state index contributed by atoms with van der Waals surface area (Å²) in [5.41, 5.74) is 1.83. The molecule has 3 aliphatic rings. The number of amides is 1. The van der Waals surface area contributed by atoms with Gasteiger partial charge in [-0.2, -0.15) is 0 Å². The standard InChI is InChI=1S/C17H17BrF2N4O2.C11H8BrIN2O/c1-22-7-12(16(19)20)24(15(25)9-22)14-8-23-4-5-26-13-6-10(18)2-3-11(13)17(23)21-14;12-7-1-2-8-9(5-7)16-4-3-15-6-10(13)14-11(8)15/h2-3,6,8,12,16H,4-5,7,9H2,1H3;1-2,5-6H,3-4H2/t12-;/m0./s1. The number of nitrogens with zero attached hydrogens (tertiary/aromatic N) is 6. The number of carbonyl (C=O) groups is 1. The quantitative estimate of drug-likeness (QED) is 0.234. The van der Waals surface area contributed by atoms with Gasteiger partial charge in [0.05, 0.1) is 30.8 Å². The summed E-state index contributed by atoms with van der Waals surface area (Å²) in [5, 5.41) is 0. The van der Waals surface area contributed by atoms with Crippen LogP contribution in [-0.4, -0.2) is 75.7 Å². The third-order valence-corrected chi connectivity index (χ3v) is 8.61. The Bertz CT molecular complexity index is 1650. The van der Waals surface area contributed by atoms with Crippen molar-refractivity contribution in [2.45, 2.75) is 25.6 Å². The van der Waals surface area contributed by atoms with Gasteiger partial charge in [0.2, 0.25) is 5.91 Å². The van der Waals surface area contributed by atoms with E-state index in [2.05, 4.69) is 75.2 Å². The summed E-state index contributed by atoms with van der Waals surface area (Å²) in [6, 6.07) is 10.4. The number of hydrogen-bond donors (Lipinski definition) is 0. The summed E-state index contributed by atoms with van der Waals surface area (Å²) < 4.78 is 45.5. The van der Waals surface area contributed by atoms with E-state index in [1.54, 1.807) is 18.1 Å². The zero-order valence-corrected chi connectivity index (χ0v) is 27.6. The third-order valence-electron chi connectivity index (χ3n) is 7.10. The number of anilines is 1. The zero-order chi connectivity index (χ0) is 29.5. The van der Waals surface area contributed by atoms with Gasteiger partial charge in [-0.25, -0.2) is 18.7 Å². The summed E-state index contributed by atoms with van der Waals surface area (Å²) >= 11 is 9.10. The normalized spacial score (nSPS) is 17.9. The van der Waals surface area contributed by atoms with Crippen LogP contribution in [0.4, 0.5) is 14.6 Å². The highest BCUT2D eigenvalue weighted by Gasteiger charge is 2.39. The molecule has 1 fully saturated rings. The fourth-order valence-electron chi connectivity index (χ4n) is 5.23. The lowest BCUT2D eigenvalue weighted by atomic mass is 10.1. The maximum absolute atomic E-state index is 13.6. The number of fused-ring (bicyclic) bond motifs is 6. The van der Waals surface area contributed by atoms with Gasteiger partial charge in [-0.05, 0) is 66.0 Å². The number of benzene rings is 2. The van der Waals surface area contributed by atoms with Crippen molar-refractivity contribution in [1.82, 2.24) is 24.0 Å². The first kappa shape index (κ1) is 29.5. The summed E-state index contributed by atoms with van der Waals surface area (Å²) in [6.45, 7) is 2.69. The van der Waals surface area contributed by atoms with Gasteiger partial charge in [-0.15, -0.1) is 0 Å². The van der Waals surface area contributed by atoms with E-state index < -0.39 is 12.5 Å². The van der Waals surface area contributed by atoms with Gasteiger partial charge in [0.1, 0.15) is 46.1 Å². The Morgan fingerprint density at radius 2 is 1.50 bits per heavy atom. The number of alkyl halides is 2. The molecular weight excluding hydrogens is 793 g/mol. The van der Waals surface area contributed by atoms with Crippen molar-refractivity contribution < 1.29 is 23.0 Å². The minimum atomic E-state index is -2.64. The molecule has 0 unspecified atom stereocenters. The first-order chi connectivity index (χ1) is 20.2. The van der Waals surface area contributed by atoms with Crippen LogP contribution in [0.1, 0.15) is 0 Å². The smallest absolute Gasteiger partial charge is 0.260 e. The number of ether oxygens (including phenoxy) is 2. The minimum Gasteiger partial charge on any atom is -0.491 e. The molecule has 1 atom stereocenters. The van der Waals surface area contributed by atoms with Crippen molar-refractivity contribution in [3.05, 3.63) is 61.4 Å². The Kier molecular flexibility index (Phi) is 8.58. The molecule has 0 radical (unpaired) electrons. The topological polar surface area (TPSA) is 77.7 Å². The lowest BCUT2D eigenvalue weighted by Crippen LogP contribution is -2.58. The highest BCUT2D eigenvalue weighted by molar-refractivity contribution is 14.1. The number of halogens is 5. The summed E-state index contributed by atoms with van der Waals surface area (Å²) in [6.07, 6.45) is 1.07.